The molecule has 1 rings (SSSR count). The van der Waals surface area contributed by atoms with Gasteiger partial charge in [0, 0.05) is 13.8 Å². The first-order chi connectivity index (χ1) is 8.28. The fraction of sp³-hybridized carbons (Fsp3) is 0.462. The van der Waals surface area contributed by atoms with Gasteiger partial charge in [-0.15, -0.1) is 0 Å². The number of hydrogen-bond donors (Lipinski definition) is 2. The van der Waals surface area contributed by atoms with Crippen molar-refractivity contribution < 1.29 is 4.74 Å². The zero-order valence-corrected chi connectivity index (χ0v) is 11.1. The molecular formula is C13H25N3O. The largest absolute Gasteiger partial charge is 0.380 e. The zero-order valence-electron chi connectivity index (χ0n) is 11.1. The van der Waals surface area contributed by atoms with Crippen LogP contribution in [0.4, 0.5) is 0 Å². The predicted molar refractivity (Wildman–Crippen MR) is 75.0 cm³/mol. The second-order valence-corrected chi connectivity index (χ2v) is 2.97. The highest BCUT2D eigenvalue weighted by molar-refractivity contribution is 5.23. The Morgan fingerprint density at radius 1 is 1.29 bits per heavy atom. The molecular weight excluding hydrogens is 214 g/mol. The normalized spacial score (nSPS) is 8.24. The summed E-state index contributed by atoms with van der Waals surface area (Å²) in [5, 5.41) is 2.75. The van der Waals surface area contributed by atoms with Gasteiger partial charge >= 0.3 is 0 Å². The minimum Gasteiger partial charge on any atom is -0.380 e. The highest BCUT2D eigenvalue weighted by Crippen LogP contribution is 2.06. The van der Waals surface area contributed by atoms with Crippen LogP contribution >= 0.6 is 0 Å². The Morgan fingerprint density at radius 2 is 1.82 bits per heavy atom. The minimum absolute atomic E-state index is 0.679. The molecule has 0 radical (unpaired) electrons. The monoisotopic (exact) mass is 239 g/mol. The van der Waals surface area contributed by atoms with Crippen LogP contribution in [-0.4, -0.2) is 20.4 Å². The van der Waals surface area contributed by atoms with E-state index in [4.69, 9.17) is 10.5 Å². The summed E-state index contributed by atoms with van der Waals surface area (Å²) in [6.45, 7) is 8.27. The number of hydrazone groups is 1. The lowest BCUT2D eigenvalue weighted by Crippen LogP contribution is -2.02. The van der Waals surface area contributed by atoms with Gasteiger partial charge in [0.2, 0.25) is 0 Å². The first-order valence-corrected chi connectivity index (χ1v) is 5.71. The molecule has 0 spiro atoms. The lowest BCUT2D eigenvalue weighted by molar-refractivity contribution is 0.185. The maximum absolute atomic E-state index is 5.45. The number of benzene rings is 1. The lowest BCUT2D eigenvalue weighted by atomic mass is 10.1. The minimum atomic E-state index is 0.679. The van der Waals surface area contributed by atoms with Crippen molar-refractivity contribution in [1.29, 1.82) is 0 Å². The van der Waals surface area contributed by atoms with Crippen LogP contribution in [0.2, 0.25) is 0 Å². The second kappa shape index (κ2) is 14.6. The van der Waals surface area contributed by atoms with E-state index >= 15 is 0 Å². The van der Waals surface area contributed by atoms with Crippen molar-refractivity contribution in [1.82, 2.24) is 0 Å². The van der Waals surface area contributed by atoms with Crippen molar-refractivity contribution in [2.45, 2.75) is 26.9 Å². The Labute approximate surface area is 105 Å². The van der Waals surface area contributed by atoms with Crippen LogP contribution in [0.15, 0.2) is 29.4 Å². The topological polar surface area (TPSA) is 73.6 Å². The quantitative estimate of drug-likeness (QED) is 0.479. The summed E-state index contributed by atoms with van der Waals surface area (Å²) in [4.78, 5) is 0. The Balaban J connectivity index is 0. The summed E-state index contributed by atoms with van der Waals surface area (Å²) in [6.07, 6.45) is 0.942. The average molecular weight is 239 g/mol. The molecule has 0 saturated heterocycles. The van der Waals surface area contributed by atoms with Crippen LogP contribution in [0.25, 0.3) is 0 Å². The van der Waals surface area contributed by atoms with E-state index < -0.39 is 0 Å². The van der Waals surface area contributed by atoms with Crippen LogP contribution in [0.1, 0.15) is 25.0 Å². The third-order valence-electron chi connectivity index (χ3n) is 1.74. The molecule has 0 aromatic heterocycles. The molecule has 4 heteroatoms. The van der Waals surface area contributed by atoms with E-state index in [0.29, 0.717) is 13.2 Å². The molecule has 4 N–H and O–H groups in total. The molecule has 0 heterocycles. The molecule has 0 aliphatic rings. The predicted octanol–water partition coefficient (Wildman–Crippen LogP) is 1.92. The number of rotatable bonds is 4. The SMILES string of the molecule is C=NN.CC.COCc1cccc(CCN)c1. The maximum Gasteiger partial charge on any atom is 0.0713 e. The Bertz CT molecular complexity index is 256. The van der Waals surface area contributed by atoms with Crippen molar-refractivity contribution in [2.75, 3.05) is 13.7 Å². The van der Waals surface area contributed by atoms with Gasteiger partial charge in [0.25, 0.3) is 0 Å². The van der Waals surface area contributed by atoms with E-state index in [9.17, 15) is 0 Å². The molecule has 4 nitrogen and oxygen atoms in total. The van der Waals surface area contributed by atoms with E-state index in [-0.39, 0.29) is 0 Å². The fourth-order valence-electron chi connectivity index (χ4n) is 1.21. The van der Waals surface area contributed by atoms with Gasteiger partial charge in [0.15, 0.2) is 0 Å². The van der Waals surface area contributed by atoms with Gasteiger partial charge in [-0.2, -0.15) is 5.10 Å². The molecule has 0 unspecified atom stereocenters. The molecule has 0 amide bonds. The van der Waals surface area contributed by atoms with Gasteiger partial charge in [0.05, 0.1) is 6.61 Å². The third kappa shape index (κ3) is 10.9. The first-order valence-electron chi connectivity index (χ1n) is 5.71. The van der Waals surface area contributed by atoms with Gasteiger partial charge < -0.3 is 16.3 Å². The molecule has 0 aliphatic heterocycles. The van der Waals surface area contributed by atoms with Gasteiger partial charge in [0.1, 0.15) is 0 Å². The maximum atomic E-state index is 5.45. The van der Waals surface area contributed by atoms with E-state index in [1.807, 2.05) is 19.9 Å². The van der Waals surface area contributed by atoms with Crippen LogP contribution in [0, 0.1) is 0 Å². The van der Waals surface area contributed by atoms with Crippen molar-refractivity contribution in [2.24, 2.45) is 16.7 Å². The molecule has 0 aliphatic carbocycles. The Hall–Kier alpha value is -1.39. The summed E-state index contributed by atoms with van der Waals surface area (Å²) >= 11 is 0. The number of nitrogens with zero attached hydrogens (tertiary/aromatic N) is 1. The van der Waals surface area contributed by atoms with Crippen LogP contribution in [0.3, 0.4) is 0 Å². The number of ether oxygens (including phenoxy) is 1. The highest BCUT2D eigenvalue weighted by Gasteiger charge is 1.93. The Morgan fingerprint density at radius 3 is 2.29 bits per heavy atom. The van der Waals surface area contributed by atoms with Crippen molar-refractivity contribution in [3.05, 3.63) is 35.4 Å². The summed E-state index contributed by atoms with van der Waals surface area (Å²) in [5.41, 5.74) is 7.95. The zero-order chi connectivity index (χ0) is 13.5. The van der Waals surface area contributed by atoms with Gasteiger partial charge in [-0.1, -0.05) is 38.1 Å². The molecule has 17 heavy (non-hydrogen) atoms. The van der Waals surface area contributed by atoms with E-state index in [1.54, 1.807) is 7.11 Å². The number of hydrogen-bond acceptors (Lipinski definition) is 4. The Kier molecular flexibility index (Phi) is 15.5. The standard InChI is InChI=1S/C10H15NO.C2H6.CH4N2/c1-12-8-10-4-2-3-9(7-10)5-6-11;1-2;1-3-2/h2-4,7H,5-6,8,11H2,1H3;1-2H3;1-2H2. The van der Waals surface area contributed by atoms with E-state index in [0.717, 1.165) is 6.42 Å². The second-order valence-electron chi connectivity index (χ2n) is 2.97. The molecule has 0 atom stereocenters. The number of nitrogens with two attached hydrogens (primary N) is 2. The van der Waals surface area contributed by atoms with Crippen molar-refractivity contribution >= 4 is 6.72 Å². The average Bonchev–Trinajstić information content (AvgIpc) is 2.34. The molecule has 98 valence electrons. The highest BCUT2D eigenvalue weighted by atomic mass is 16.5. The van der Waals surface area contributed by atoms with Gasteiger partial charge in [-0.05, 0) is 24.1 Å². The first kappa shape index (κ1) is 18.0. The van der Waals surface area contributed by atoms with E-state index in [1.165, 1.54) is 11.1 Å². The van der Waals surface area contributed by atoms with Gasteiger partial charge in [-0.3, -0.25) is 0 Å². The molecule has 0 bridgehead atoms. The van der Waals surface area contributed by atoms with Crippen LogP contribution in [-0.2, 0) is 17.8 Å². The summed E-state index contributed by atoms with van der Waals surface area (Å²) in [6, 6.07) is 8.32. The smallest absolute Gasteiger partial charge is 0.0713 e. The number of methoxy groups -OCH3 is 1. The van der Waals surface area contributed by atoms with Crippen LogP contribution < -0.4 is 11.6 Å². The molecule has 1 aromatic carbocycles. The fourth-order valence-corrected chi connectivity index (χ4v) is 1.21. The summed E-state index contributed by atoms with van der Waals surface area (Å²) in [7, 11) is 1.70. The molecule has 0 saturated carbocycles. The molecule has 1 aromatic rings. The molecule has 0 fully saturated rings. The lowest BCUT2D eigenvalue weighted by Gasteiger charge is -2.02. The van der Waals surface area contributed by atoms with E-state index in [2.05, 4.69) is 35.9 Å². The van der Waals surface area contributed by atoms with Crippen molar-refractivity contribution in [3.63, 3.8) is 0 Å². The van der Waals surface area contributed by atoms with Crippen LogP contribution in [0.5, 0.6) is 0 Å². The van der Waals surface area contributed by atoms with Gasteiger partial charge in [-0.25, -0.2) is 0 Å². The third-order valence-corrected chi connectivity index (χ3v) is 1.74. The van der Waals surface area contributed by atoms with Crippen molar-refractivity contribution in [3.8, 4) is 0 Å². The summed E-state index contributed by atoms with van der Waals surface area (Å²) in [5.74, 6) is 4.36. The summed E-state index contributed by atoms with van der Waals surface area (Å²) < 4.78 is 5.03.